The second kappa shape index (κ2) is 8.40. The average Bonchev–Trinajstić information content (AvgIpc) is 3.54. The maximum absolute atomic E-state index is 14.7. The molecule has 9 heteroatoms. The van der Waals surface area contributed by atoms with Crippen LogP contribution in [0.5, 0.6) is 0 Å². The van der Waals surface area contributed by atoms with E-state index in [1.807, 2.05) is 0 Å². The van der Waals surface area contributed by atoms with Crippen LogP contribution in [0.3, 0.4) is 0 Å². The molecule has 5 atom stereocenters. The summed E-state index contributed by atoms with van der Waals surface area (Å²) in [7, 11) is 2.07. The number of rotatable bonds is 7. The van der Waals surface area contributed by atoms with Gasteiger partial charge in [0.05, 0.1) is 22.9 Å². The number of hydrogen-bond donors (Lipinski definition) is 2. The Balaban J connectivity index is 1.43. The summed E-state index contributed by atoms with van der Waals surface area (Å²) in [6.45, 7) is 7.62. The zero-order chi connectivity index (χ0) is 25.2. The maximum atomic E-state index is 14.7. The molecule has 3 aliphatic rings. The van der Waals surface area contributed by atoms with Gasteiger partial charge in [-0.3, -0.25) is 9.59 Å². The number of likely N-dealkylation sites (tertiary alicyclic amines) is 1. The average molecular weight is 489 g/mol. The van der Waals surface area contributed by atoms with Gasteiger partial charge in [0.2, 0.25) is 0 Å². The van der Waals surface area contributed by atoms with Gasteiger partial charge in [-0.15, -0.1) is 0 Å². The molecule has 1 aliphatic heterocycles. The summed E-state index contributed by atoms with van der Waals surface area (Å²) in [5.74, 6) is -0.554. The smallest absolute Gasteiger partial charge is 0.266 e. The lowest BCUT2D eigenvalue weighted by Gasteiger charge is -2.20. The number of hydrogen-bond acceptors (Lipinski definition) is 4. The summed E-state index contributed by atoms with van der Waals surface area (Å²) in [5.41, 5.74) is -0.160. The summed E-state index contributed by atoms with van der Waals surface area (Å²) >= 11 is 0. The molecule has 2 aliphatic carbocycles. The van der Waals surface area contributed by atoms with Gasteiger partial charge in [0.15, 0.2) is 0 Å². The van der Waals surface area contributed by atoms with E-state index >= 15 is 0 Å². The first-order valence-corrected chi connectivity index (χ1v) is 12.1. The molecular formula is C26H31F3N4O2. The number of halogens is 3. The van der Waals surface area contributed by atoms with E-state index in [9.17, 15) is 22.8 Å². The standard InChI is InChI=1S/C26H31F3N4O2/c1-13(14-6-5-7-15(22(14)27)24(28)29)30-25(35)18-12-33(20-9-26(20,2)3)21(34)8-19(18)31-23-16-10-32(4)11-17(16)23/h5-8,12-13,16-17,20,23-24,31H,9-11H2,1-4H3,(H,30,35)/t13-,16-,17+,20-,23-/m1/s1. The Kier molecular flexibility index (Phi) is 5.74. The summed E-state index contributed by atoms with van der Waals surface area (Å²) in [4.78, 5) is 28.6. The molecule has 2 heterocycles. The first kappa shape index (κ1) is 23.9. The first-order chi connectivity index (χ1) is 16.5. The highest BCUT2D eigenvalue weighted by molar-refractivity contribution is 5.99. The summed E-state index contributed by atoms with van der Waals surface area (Å²) < 4.78 is 42.6. The number of fused-ring (bicyclic) bond motifs is 1. The normalized spacial score (nSPS) is 27.4. The van der Waals surface area contributed by atoms with Gasteiger partial charge in [-0.05, 0) is 37.6 Å². The Morgan fingerprint density at radius 1 is 1.17 bits per heavy atom. The van der Waals surface area contributed by atoms with Gasteiger partial charge in [-0.2, -0.15) is 0 Å². The van der Waals surface area contributed by atoms with Crippen molar-refractivity contribution in [2.75, 3.05) is 25.5 Å². The highest BCUT2D eigenvalue weighted by Crippen LogP contribution is 2.55. The van der Waals surface area contributed by atoms with Crippen LogP contribution >= 0.6 is 0 Å². The lowest BCUT2D eigenvalue weighted by atomic mass is 10.0. The van der Waals surface area contributed by atoms with E-state index in [-0.39, 0.29) is 28.6 Å². The van der Waals surface area contributed by atoms with Gasteiger partial charge in [0.1, 0.15) is 5.82 Å². The molecule has 3 fully saturated rings. The lowest BCUT2D eigenvalue weighted by molar-refractivity contribution is 0.0939. The highest BCUT2D eigenvalue weighted by Gasteiger charge is 2.55. The molecule has 0 spiro atoms. The number of aromatic nitrogens is 1. The molecule has 1 aromatic heterocycles. The number of anilines is 1. The quantitative estimate of drug-likeness (QED) is 0.608. The second-order valence-corrected chi connectivity index (χ2v) is 11.0. The molecule has 0 bridgehead atoms. The number of pyridine rings is 1. The van der Waals surface area contributed by atoms with E-state index in [1.54, 1.807) is 17.7 Å². The highest BCUT2D eigenvalue weighted by atomic mass is 19.3. The fourth-order valence-electron chi connectivity index (χ4n) is 5.56. The molecular weight excluding hydrogens is 457 g/mol. The largest absolute Gasteiger partial charge is 0.381 e. The number of carbonyl (C=O) groups is 1. The monoisotopic (exact) mass is 488 g/mol. The lowest BCUT2D eigenvalue weighted by Crippen LogP contribution is -2.32. The van der Waals surface area contributed by atoms with Crippen molar-refractivity contribution < 1.29 is 18.0 Å². The van der Waals surface area contributed by atoms with Crippen molar-refractivity contribution in [1.29, 1.82) is 0 Å². The van der Waals surface area contributed by atoms with Gasteiger partial charge < -0.3 is 20.1 Å². The van der Waals surface area contributed by atoms with Crippen molar-refractivity contribution >= 4 is 11.6 Å². The van der Waals surface area contributed by atoms with E-state index < -0.39 is 29.8 Å². The van der Waals surface area contributed by atoms with Crippen LogP contribution in [0.1, 0.15) is 67.2 Å². The SMILES string of the molecule is C[C@@H](NC(=O)c1cn([C@@H]2CC2(C)C)c(=O)cc1N[C@@H]1[C@@H]2CN(C)C[C@@H]21)c1cccc(C(F)F)c1F. The van der Waals surface area contributed by atoms with E-state index in [2.05, 4.69) is 36.4 Å². The van der Waals surface area contributed by atoms with Crippen LogP contribution in [0.2, 0.25) is 0 Å². The number of amides is 1. The van der Waals surface area contributed by atoms with Crippen molar-refractivity contribution in [3.8, 4) is 0 Å². The molecule has 1 amide bonds. The van der Waals surface area contributed by atoms with Crippen molar-refractivity contribution in [3.63, 3.8) is 0 Å². The first-order valence-electron chi connectivity index (χ1n) is 12.1. The predicted molar refractivity (Wildman–Crippen MR) is 127 cm³/mol. The van der Waals surface area contributed by atoms with Crippen LogP contribution in [0.25, 0.3) is 0 Å². The Morgan fingerprint density at radius 3 is 2.40 bits per heavy atom. The van der Waals surface area contributed by atoms with Gasteiger partial charge in [0, 0.05) is 43.0 Å². The third kappa shape index (κ3) is 4.35. The molecule has 2 aromatic rings. The number of carbonyl (C=O) groups excluding carboxylic acids is 1. The Morgan fingerprint density at radius 2 is 1.80 bits per heavy atom. The minimum Gasteiger partial charge on any atom is -0.381 e. The summed E-state index contributed by atoms with van der Waals surface area (Å²) in [6, 6.07) is 4.61. The Hall–Kier alpha value is -2.81. The minimum atomic E-state index is -2.95. The number of piperidine rings is 1. The zero-order valence-corrected chi connectivity index (χ0v) is 20.3. The summed E-state index contributed by atoms with van der Waals surface area (Å²) in [6.07, 6.45) is -0.527. The second-order valence-electron chi connectivity index (χ2n) is 11.0. The third-order valence-electron chi connectivity index (χ3n) is 7.93. The zero-order valence-electron chi connectivity index (χ0n) is 20.3. The van der Waals surface area contributed by atoms with E-state index in [0.29, 0.717) is 23.1 Å². The molecule has 2 saturated carbocycles. The Bertz CT molecular complexity index is 1220. The maximum Gasteiger partial charge on any atom is 0.266 e. The topological polar surface area (TPSA) is 66.4 Å². The van der Waals surface area contributed by atoms with Gasteiger partial charge >= 0.3 is 0 Å². The van der Waals surface area contributed by atoms with Crippen LogP contribution in [-0.4, -0.2) is 41.6 Å². The third-order valence-corrected chi connectivity index (χ3v) is 7.93. The predicted octanol–water partition coefficient (Wildman–Crippen LogP) is 4.36. The molecule has 1 saturated heterocycles. The molecule has 6 nitrogen and oxygen atoms in total. The molecule has 188 valence electrons. The van der Waals surface area contributed by atoms with Gasteiger partial charge in [0.25, 0.3) is 17.9 Å². The van der Waals surface area contributed by atoms with Crippen molar-refractivity contribution in [3.05, 3.63) is 63.3 Å². The van der Waals surface area contributed by atoms with Crippen LogP contribution in [-0.2, 0) is 0 Å². The molecule has 35 heavy (non-hydrogen) atoms. The number of benzene rings is 1. The van der Waals surface area contributed by atoms with Crippen LogP contribution < -0.4 is 16.2 Å². The van der Waals surface area contributed by atoms with Crippen molar-refractivity contribution in [1.82, 2.24) is 14.8 Å². The van der Waals surface area contributed by atoms with Crippen molar-refractivity contribution in [2.24, 2.45) is 17.3 Å². The van der Waals surface area contributed by atoms with E-state index in [1.165, 1.54) is 18.2 Å². The molecule has 1 aromatic carbocycles. The van der Waals surface area contributed by atoms with Crippen molar-refractivity contribution in [2.45, 2.75) is 51.7 Å². The number of alkyl halides is 2. The van der Waals surface area contributed by atoms with Gasteiger partial charge in [-0.1, -0.05) is 32.0 Å². The minimum absolute atomic E-state index is 0.00199. The molecule has 5 rings (SSSR count). The fraction of sp³-hybridized carbons (Fsp3) is 0.538. The van der Waals surface area contributed by atoms with Gasteiger partial charge in [-0.25, -0.2) is 13.2 Å². The molecule has 2 N–H and O–H groups in total. The van der Waals surface area contributed by atoms with E-state index in [0.717, 1.165) is 25.6 Å². The number of nitrogens with one attached hydrogen (secondary N) is 2. The summed E-state index contributed by atoms with van der Waals surface area (Å²) in [5, 5.41) is 6.16. The van der Waals surface area contributed by atoms with Crippen LogP contribution in [0.15, 0.2) is 35.3 Å². The molecule has 0 radical (unpaired) electrons. The van der Waals surface area contributed by atoms with E-state index in [4.69, 9.17) is 0 Å². The Labute approximate surface area is 202 Å². The van der Waals surface area contributed by atoms with Crippen LogP contribution in [0.4, 0.5) is 18.9 Å². The fourth-order valence-corrected chi connectivity index (χ4v) is 5.56. The number of nitrogens with zero attached hydrogens (tertiary/aromatic N) is 2. The molecule has 0 unspecified atom stereocenters. The van der Waals surface area contributed by atoms with Crippen LogP contribution in [0, 0.1) is 23.1 Å².